The number of hydrogen-bond acceptors (Lipinski definition) is 2. The van der Waals surface area contributed by atoms with E-state index < -0.39 is 5.97 Å². The summed E-state index contributed by atoms with van der Waals surface area (Å²) in [5.41, 5.74) is 2.36. The van der Waals surface area contributed by atoms with Gasteiger partial charge in [0.25, 0.3) is 0 Å². The van der Waals surface area contributed by atoms with E-state index in [0.29, 0.717) is 15.8 Å². The molecule has 1 rings (SSSR count). The first-order valence-electron chi connectivity index (χ1n) is 4.37. The Morgan fingerprint density at radius 1 is 1.50 bits per heavy atom. The lowest BCUT2D eigenvalue weighted by molar-refractivity contribution is 0.0698. The molecule has 1 aromatic carbocycles. The number of ether oxygens (including phenoxy) is 1. The molecular weight excluding hydrogens is 196 g/mol. The van der Waals surface area contributed by atoms with E-state index in [1.165, 1.54) is 0 Å². The Labute approximate surface area is 86.1 Å². The van der Waals surface area contributed by atoms with E-state index in [1.54, 1.807) is 13.2 Å². The molecule has 76 valence electrons. The van der Waals surface area contributed by atoms with Crippen LogP contribution in [0.2, 0.25) is 0 Å². The van der Waals surface area contributed by atoms with Gasteiger partial charge in [-0.25, -0.2) is 4.79 Å². The summed E-state index contributed by atoms with van der Waals surface area (Å²) in [6.45, 7) is 3.84. The highest BCUT2D eigenvalue weighted by atomic mass is 28.1. The molecule has 0 atom stereocenters. The highest BCUT2D eigenvalue weighted by molar-refractivity contribution is 6.38. The van der Waals surface area contributed by atoms with Crippen molar-refractivity contribution in [3.63, 3.8) is 0 Å². The molecular formula is C10H14O3Si. The molecule has 0 aliphatic heterocycles. The monoisotopic (exact) mass is 210 g/mol. The van der Waals surface area contributed by atoms with Gasteiger partial charge in [-0.3, -0.25) is 0 Å². The molecule has 0 spiro atoms. The van der Waals surface area contributed by atoms with Crippen molar-refractivity contribution >= 4 is 21.4 Å². The van der Waals surface area contributed by atoms with Crippen LogP contribution < -0.4 is 9.92 Å². The Kier molecular flexibility index (Phi) is 2.95. The van der Waals surface area contributed by atoms with Gasteiger partial charge in [0.1, 0.15) is 5.75 Å². The first kappa shape index (κ1) is 10.8. The molecule has 14 heavy (non-hydrogen) atoms. The number of benzene rings is 1. The van der Waals surface area contributed by atoms with E-state index in [-0.39, 0.29) is 0 Å². The van der Waals surface area contributed by atoms with Crippen LogP contribution in [0.4, 0.5) is 0 Å². The summed E-state index contributed by atoms with van der Waals surface area (Å²) in [7, 11) is 2.25. The standard InChI is InChI=1S/C10H14O3Si/c1-5-4-7(10(11)12)9(14)8(13-3)6(5)2/h4H,1-3,14H3,(H,11,12). The molecule has 4 heteroatoms. The van der Waals surface area contributed by atoms with Crippen molar-refractivity contribution in [3.8, 4) is 5.75 Å². The highest BCUT2D eigenvalue weighted by Gasteiger charge is 2.14. The van der Waals surface area contributed by atoms with Crippen LogP contribution in [0.5, 0.6) is 5.75 Å². The van der Waals surface area contributed by atoms with Crippen LogP contribution in [0, 0.1) is 13.8 Å². The van der Waals surface area contributed by atoms with Gasteiger partial charge in [0.15, 0.2) is 0 Å². The van der Waals surface area contributed by atoms with Crippen LogP contribution in [0.25, 0.3) is 0 Å². The SMILES string of the molecule is COc1c(C)c(C)cc(C(=O)O)c1[SiH3]. The molecule has 0 unspecified atom stereocenters. The first-order chi connectivity index (χ1) is 6.49. The molecule has 0 amide bonds. The third-order valence-electron chi connectivity index (χ3n) is 2.47. The third kappa shape index (κ3) is 1.65. The number of rotatable bonds is 2. The predicted octanol–water partition coefficient (Wildman–Crippen LogP) is 0.000940. The molecule has 0 aliphatic rings. The summed E-state index contributed by atoms with van der Waals surface area (Å²) in [4.78, 5) is 10.9. The molecule has 0 aliphatic carbocycles. The van der Waals surface area contributed by atoms with Crippen LogP contribution >= 0.6 is 0 Å². The van der Waals surface area contributed by atoms with Gasteiger partial charge in [-0.15, -0.1) is 0 Å². The quantitative estimate of drug-likeness (QED) is 0.699. The molecule has 0 bridgehead atoms. The normalized spacial score (nSPS) is 10.2. The lowest BCUT2D eigenvalue weighted by Gasteiger charge is -2.13. The molecule has 0 aromatic heterocycles. The molecule has 0 saturated heterocycles. The Morgan fingerprint density at radius 2 is 2.07 bits per heavy atom. The van der Waals surface area contributed by atoms with Gasteiger partial charge in [-0.2, -0.15) is 0 Å². The minimum absolute atomic E-state index is 0.372. The molecule has 1 N–H and O–H groups in total. The minimum Gasteiger partial charge on any atom is -0.497 e. The van der Waals surface area contributed by atoms with E-state index >= 15 is 0 Å². The second kappa shape index (κ2) is 3.83. The maximum absolute atomic E-state index is 10.9. The van der Waals surface area contributed by atoms with Gasteiger partial charge in [0.2, 0.25) is 0 Å². The van der Waals surface area contributed by atoms with Crippen molar-refractivity contribution in [2.75, 3.05) is 7.11 Å². The zero-order valence-electron chi connectivity index (χ0n) is 8.84. The Bertz CT molecular complexity index is 385. The van der Waals surface area contributed by atoms with Crippen LogP contribution in [0.15, 0.2) is 6.07 Å². The van der Waals surface area contributed by atoms with Gasteiger partial charge in [0, 0.05) is 10.2 Å². The molecule has 3 nitrogen and oxygen atoms in total. The van der Waals surface area contributed by atoms with Crippen molar-refractivity contribution in [1.29, 1.82) is 0 Å². The van der Waals surface area contributed by atoms with E-state index in [2.05, 4.69) is 0 Å². The van der Waals surface area contributed by atoms with Crippen molar-refractivity contribution in [3.05, 3.63) is 22.8 Å². The highest BCUT2D eigenvalue weighted by Crippen LogP contribution is 2.20. The summed E-state index contributed by atoms with van der Waals surface area (Å²) in [5, 5.41) is 9.79. The average Bonchev–Trinajstić information content (AvgIpc) is 2.12. The minimum atomic E-state index is -0.878. The second-order valence-electron chi connectivity index (χ2n) is 3.33. The van der Waals surface area contributed by atoms with E-state index in [0.717, 1.165) is 22.1 Å². The smallest absolute Gasteiger partial charge is 0.335 e. The Hall–Kier alpha value is -1.29. The zero-order chi connectivity index (χ0) is 10.9. The third-order valence-corrected chi connectivity index (χ3v) is 3.46. The zero-order valence-corrected chi connectivity index (χ0v) is 10.8. The maximum Gasteiger partial charge on any atom is 0.335 e. The van der Waals surface area contributed by atoms with E-state index in [4.69, 9.17) is 9.84 Å². The van der Waals surface area contributed by atoms with Crippen LogP contribution in [-0.4, -0.2) is 28.4 Å². The molecule has 0 heterocycles. The number of methoxy groups -OCH3 is 1. The Balaban J connectivity index is 3.50. The fourth-order valence-corrected chi connectivity index (χ4v) is 2.48. The van der Waals surface area contributed by atoms with E-state index in [9.17, 15) is 4.79 Å². The van der Waals surface area contributed by atoms with Gasteiger partial charge >= 0.3 is 5.97 Å². The molecule has 0 fully saturated rings. The maximum atomic E-state index is 10.9. The lowest BCUT2D eigenvalue weighted by Crippen LogP contribution is -2.19. The molecule has 0 saturated carbocycles. The predicted molar refractivity (Wildman–Crippen MR) is 59.0 cm³/mol. The summed E-state index contributed by atoms with van der Waals surface area (Å²) < 4.78 is 5.22. The molecule has 1 aromatic rings. The van der Waals surface area contributed by atoms with Gasteiger partial charge in [0.05, 0.1) is 12.7 Å². The molecule has 0 radical (unpaired) electrons. The van der Waals surface area contributed by atoms with Crippen molar-refractivity contribution in [1.82, 2.24) is 0 Å². The summed E-state index contributed by atoms with van der Waals surface area (Å²) >= 11 is 0. The number of aromatic carboxylic acids is 1. The average molecular weight is 210 g/mol. The van der Waals surface area contributed by atoms with E-state index in [1.807, 2.05) is 13.8 Å². The number of hydrogen-bond donors (Lipinski definition) is 1. The lowest BCUT2D eigenvalue weighted by atomic mass is 10.0. The largest absolute Gasteiger partial charge is 0.497 e. The summed E-state index contributed by atoms with van der Waals surface area (Å²) in [6.07, 6.45) is 0. The van der Waals surface area contributed by atoms with Crippen LogP contribution in [0.1, 0.15) is 21.5 Å². The first-order valence-corrected chi connectivity index (χ1v) is 5.37. The van der Waals surface area contributed by atoms with Gasteiger partial charge in [-0.1, -0.05) is 0 Å². The van der Waals surface area contributed by atoms with Gasteiger partial charge < -0.3 is 9.84 Å². The topological polar surface area (TPSA) is 46.5 Å². The number of carbonyl (C=O) groups is 1. The number of aryl methyl sites for hydroxylation is 1. The summed E-state index contributed by atoms with van der Waals surface area (Å²) in [6, 6.07) is 1.71. The van der Waals surface area contributed by atoms with Crippen LogP contribution in [0.3, 0.4) is 0 Å². The van der Waals surface area contributed by atoms with Crippen molar-refractivity contribution in [2.45, 2.75) is 13.8 Å². The van der Waals surface area contributed by atoms with Crippen molar-refractivity contribution < 1.29 is 14.6 Å². The van der Waals surface area contributed by atoms with Crippen LogP contribution in [-0.2, 0) is 0 Å². The van der Waals surface area contributed by atoms with Crippen molar-refractivity contribution in [2.24, 2.45) is 0 Å². The fourth-order valence-electron chi connectivity index (χ4n) is 1.54. The number of carboxylic acid groups (broad SMARTS) is 1. The number of carboxylic acids is 1. The summed E-state index contributed by atoms with van der Waals surface area (Å²) in [5.74, 6) is -0.148. The Morgan fingerprint density at radius 3 is 2.50 bits per heavy atom. The fraction of sp³-hybridized carbons (Fsp3) is 0.300. The van der Waals surface area contributed by atoms with Gasteiger partial charge in [-0.05, 0) is 36.2 Å². The second-order valence-corrected chi connectivity index (χ2v) is 4.33.